The number of hydrogen-bond acceptors (Lipinski definition) is 5. The largest absolute Gasteiger partial charge is 0.477 e. The monoisotopic (exact) mass is 395 g/mol. The van der Waals surface area contributed by atoms with Crippen molar-refractivity contribution in [3.05, 3.63) is 58.1 Å². The van der Waals surface area contributed by atoms with Crippen LogP contribution in [-0.2, 0) is 0 Å². The second-order valence-electron chi connectivity index (χ2n) is 7.34. The first-order chi connectivity index (χ1) is 14.0. The van der Waals surface area contributed by atoms with Crippen LogP contribution in [0.2, 0.25) is 0 Å². The van der Waals surface area contributed by atoms with Gasteiger partial charge in [-0.05, 0) is 25.2 Å². The van der Waals surface area contributed by atoms with Crippen molar-refractivity contribution in [1.29, 1.82) is 0 Å². The first-order valence-corrected chi connectivity index (χ1v) is 9.31. The number of para-hydroxylation sites is 2. The standard InChI is InChI=1S/C21H18FN3O4/c1-23-6-8-24(9-7-23)18-14(22)10-12-17-20(18)29-16-5-3-2-4-15(16)25(17)11-13(19(12)26)21(27)28/h2-5,10-11H,6-9H2,1H3,(H,27,28). The smallest absolute Gasteiger partial charge is 0.341 e. The summed E-state index contributed by atoms with van der Waals surface area (Å²) in [4.78, 5) is 28.5. The molecule has 3 heterocycles. The van der Waals surface area contributed by atoms with Gasteiger partial charge in [-0.25, -0.2) is 9.18 Å². The maximum absolute atomic E-state index is 15.3. The second kappa shape index (κ2) is 6.31. The van der Waals surface area contributed by atoms with E-state index in [2.05, 4.69) is 4.90 Å². The van der Waals surface area contributed by atoms with Gasteiger partial charge >= 0.3 is 5.97 Å². The Labute approximate surface area is 165 Å². The van der Waals surface area contributed by atoms with Gasteiger partial charge in [0.1, 0.15) is 16.8 Å². The van der Waals surface area contributed by atoms with Gasteiger partial charge in [0.15, 0.2) is 17.3 Å². The number of piperazine rings is 1. The molecule has 7 nitrogen and oxygen atoms in total. The van der Waals surface area contributed by atoms with Crippen LogP contribution in [0.3, 0.4) is 0 Å². The molecular formula is C21H18FN3O4. The molecule has 2 aliphatic heterocycles. The van der Waals surface area contributed by atoms with Gasteiger partial charge in [0.05, 0.1) is 11.1 Å². The predicted octanol–water partition coefficient (Wildman–Crippen LogP) is 2.69. The molecule has 1 aromatic heterocycles. The Hall–Kier alpha value is -3.39. The summed E-state index contributed by atoms with van der Waals surface area (Å²) in [5, 5.41) is 9.47. The Morgan fingerprint density at radius 2 is 1.90 bits per heavy atom. The van der Waals surface area contributed by atoms with E-state index in [1.165, 1.54) is 6.20 Å². The number of carboxylic acids is 1. The lowest BCUT2D eigenvalue weighted by molar-refractivity contribution is 0.0695. The fourth-order valence-corrected chi connectivity index (χ4v) is 4.03. The summed E-state index contributed by atoms with van der Waals surface area (Å²) in [6.07, 6.45) is 1.30. The molecular weight excluding hydrogens is 377 g/mol. The highest BCUT2D eigenvalue weighted by atomic mass is 19.1. The Kier molecular flexibility index (Phi) is 3.85. The molecule has 0 spiro atoms. The number of carbonyl (C=O) groups is 1. The van der Waals surface area contributed by atoms with E-state index in [-0.39, 0.29) is 11.1 Å². The molecule has 0 bridgehead atoms. The van der Waals surface area contributed by atoms with Gasteiger partial charge in [0.2, 0.25) is 5.43 Å². The summed E-state index contributed by atoms with van der Waals surface area (Å²) in [7, 11) is 2.01. The number of carboxylic acid groups (broad SMARTS) is 1. The van der Waals surface area contributed by atoms with Crippen molar-refractivity contribution in [2.24, 2.45) is 0 Å². The summed E-state index contributed by atoms with van der Waals surface area (Å²) < 4.78 is 23.0. The van der Waals surface area contributed by atoms with E-state index in [0.29, 0.717) is 35.7 Å². The number of pyridine rings is 1. The van der Waals surface area contributed by atoms with Gasteiger partial charge in [0, 0.05) is 32.4 Å². The quantitative estimate of drug-likeness (QED) is 0.563. The lowest BCUT2D eigenvalue weighted by atomic mass is 10.1. The van der Waals surface area contributed by atoms with E-state index in [4.69, 9.17) is 4.74 Å². The second-order valence-corrected chi connectivity index (χ2v) is 7.34. The van der Waals surface area contributed by atoms with Crippen LogP contribution >= 0.6 is 0 Å². The summed E-state index contributed by atoms with van der Waals surface area (Å²) in [6.45, 7) is 2.79. The third kappa shape index (κ3) is 2.60. The summed E-state index contributed by atoms with van der Waals surface area (Å²) in [5.41, 5.74) is 0.150. The first-order valence-electron chi connectivity index (χ1n) is 9.31. The van der Waals surface area contributed by atoms with Crippen molar-refractivity contribution in [2.75, 3.05) is 38.1 Å². The molecule has 1 fully saturated rings. The molecule has 3 aromatic rings. The van der Waals surface area contributed by atoms with Crippen molar-refractivity contribution in [3.8, 4) is 17.2 Å². The Morgan fingerprint density at radius 1 is 1.17 bits per heavy atom. The minimum atomic E-state index is -1.35. The zero-order chi connectivity index (χ0) is 20.3. The number of benzene rings is 2. The molecule has 2 aromatic carbocycles. The molecule has 1 saturated heterocycles. The van der Waals surface area contributed by atoms with Crippen LogP contribution in [0, 0.1) is 5.82 Å². The van der Waals surface area contributed by atoms with Crippen molar-refractivity contribution < 1.29 is 19.0 Å². The van der Waals surface area contributed by atoms with Crippen molar-refractivity contribution in [3.63, 3.8) is 0 Å². The lowest BCUT2D eigenvalue weighted by Gasteiger charge is -2.36. The normalized spacial score (nSPS) is 15.9. The number of rotatable bonds is 2. The molecule has 0 saturated carbocycles. The number of fused-ring (bicyclic) bond motifs is 2. The van der Waals surface area contributed by atoms with Crippen LogP contribution in [-0.4, -0.2) is 53.8 Å². The zero-order valence-corrected chi connectivity index (χ0v) is 15.7. The third-order valence-electron chi connectivity index (χ3n) is 5.56. The first kappa shape index (κ1) is 17.7. The van der Waals surface area contributed by atoms with E-state index >= 15 is 4.39 Å². The minimum absolute atomic E-state index is 0.00946. The predicted molar refractivity (Wildman–Crippen MR) is 106 cm³/mol. The van der Waals surface area contributed by atoms with E-state index < -0.39 is 22.8 Å². The van der Waals surface area contributed by atoms with Crippen LogP contribution in [0.25, 0.3) is 16.6 Å². The van der Waals surface area contributed by atoms with Gasteiger partial charge in [-0.1, -0.05) is 12.1 Å². The number of likely N-dealkylation sites (N-methyl/N-ethyl adjacent to an activating group) is 1. The average molecular weight is 395 g/mol. The van der Waals surface area contributed by atoms with Crippen molar-refractivity contribution >= 4 is 22.6 Å². The molecule has 0 radical (unpaired) electrons. The van der Waals surface area contributed by atoms with E-state index in [9.17, 15) is 14.7 Å². The molecule has 1 N–H and O–H groups in total. The topological polar surface area (TPSA) is 75.0 Å². The van der Waals surface area contributed by atoms with Gasteiger partial charge < -0.3 is 24.2 Å². The number of nitrogens with zero attached hydrogens (tertiary/aromatic N) is 3. The highest BCUT2D eigenvalue weighted by Crippen LogP contribution is 2.46. The number of hydrogen-bond donors (Lipinski definition) is 1. The lowest BCUT2D eigenvalue weighted by Crippen LogP contribution is -2.45. The Bertz CT molecular complexity index is 1230. The van der Waals surface area contributed by atoms with E-state index in [0.717, 1.165) is 19.2 Å². The number of anilines is 1. The van der Waals surface area contributed by atoms with E-state index in [1.54, 1.807) is 28.8 Å². The highest BCUT2D eigenvalue weighted by Gasteiger charge is 2.31. The van der Waals surface area contributed by atoms with Crippen molar-refractivity contribution in [2.45, 2.75) is 0 Å². The molecule has 8 heteroatoms. The van der Waals surface area contributed by atoms with Crippen LogP contribution in [0.5, 0.6) is 11.5 Å². The van der Waals surface area contributed by atoms with Crippen molar-refractivity contribution in [1.82, 2.24) is 9.47 Å². The SMILES string of the molecule is CN1CCN(c2c(F)cc3c(=O)c(C(=O)O)cn4c3c2Oc2ccccc2-4)CC1. The molecule has 0 aliphatic carbocycles. The molecule has 2 aliphatic rings. The summed E-state index contributed by atoms with van der Waals surface area (Å²) in [6, 6.07) is 8.22. The number of halogens is 1. The van der Waals surface area contributed by atoms with E-state index in [1.807, 2.05) is 11.9 Å². The highest BCUT2D eigenvalue weighted by molar-refractivity contribution is 5.99. The van der Waals surface area contributed by atoms with Crippen LogP contribution < -0.4 is 15.1 Å². The fraction of sp³-hybridized carbons (Fsp3) is 0.238. The molecule has 0 amide bonds. The average Bonchev–Trinajstić information content (AvgIpc) is 2.70. The zero-order valence-electron chi connectivity index (χ0n) is 15.7. The summed E-state index contributed by atoms with van der Waals surface area (Å²) >= 11 is 0. The number of ether oxygens (including phenoxy) is 1. The number of aromatic carboxylic acids is 1. The maximum Gasteiger partial charge on any atom is 0.341 e. The molecule has 148 valence electrons. The van der Waals surface area contributed by atoms with Crippen LogP contribution in [0.15, 0.2) is 41.3 Å². The number of aromatic nitrogens is 1. The fourth-order valence-electron chi connectivity index (χ4n) is 4.03. The third-order valence-corrected chi connectivity index (χ3v) is 5.56. The molecule has 5 rings (SSSR count). The molecule has 0 unspecified atom stereocenters. The van der Waals surface area contributed by atoms with Gasteiger partial charge in [-0.2, -0.15) is 0 Å². The minimum Gasteiger partial charge on any atom is -0.477 e. The summed E-state index contributed by atoms with van der Waals surface area (Å²) in [5.74, 6) is -1.23. The van der Waals surface area contributed by atoms with Gasteiger partial charge in [-0.3, -0.25) is 4.79 Å². The maximum atomic E-state index is 15.3. The Morgan fingerprint density at radius 3 is 2.62 bits per heavy atom. The van der Waals surface area contributed by atoms with Gasteiger partial charge in [-0.15, -0.1) is 0 Å². The Balaban J connectivity index is 1.86. The molecule has 0 atom stereocenters. The van der Waals surface area contributed by atoms with Gasteiger partial charge in [0.25, 0.3) is 0 Å². The van der Waals surface area contributed by atoms with Crippen LogP contribution in [0.1, 0.15) is 10.4 Å². The molecule has 29 heavy (non-hydrogen) atoms. The van der Waals surface area contributed by atoms with Crippen LogP contribution in [0.4, 0.5) is 10.1 Å².